The number of nitrogens with two attached hydrogens (primary N) is 1. The first-order chi connectivity index (χ1) is 5.29. The van der Waals surface area contributed by atoms with Gasteiger partial charge in [-0.1, -0.05) is 13.3 Å². The third kappa shape index (κ3) is 3.49. The van der Waals surface area contributed by atoms with Gasteiger partial charge in [0.15, 0.2) is 0 Å². The Balaban J connectivity index is 3.86. The number of rotatable bonds is 6. The summed E-state index contributed by atoms with van der Waals surface area (Å²) in [7, 11) is 1.69. The summed E-state index contributed by atoms with van der Waals surface area (Å²) in [5.41, 5.74) is 5.48. The highest BCUT2D eigenvalue weighted by molar-refractivity contribution is 5.24. The number of nitrogens with zero attached hydrogens (tertiary/aromatic N) is 1. The molecule has 0 saturated carbocycles. The second kappa shape index (κ2) is 6.31. The fourth-order valence-electron chi connectivity index (χ4n) is 1.10. The Morgan fingerprint density at radius 2 is 2.27 bits per heavy atom. The molecular formula is C8H18N2O. The van der Waals surface area contributed by atoms with Crippen molar-refractivity contribution in [3.63, 3.8) is 0 Å². The molecule has 2 N–H and O–H groups in total. The lowest BCUT2D eigenvalue weighted by Gasteiger charge is -2.20. The van der Waals surface area contributed by atoms with Gasteiger partial charge in [-0.2, -0.15) is 0 Å². The molecular weight excluding hydrogens is 140 g/mol. The summed E-state index contributed by atoms with van der Waals surface area (Å²) in [5.74, 6) is 0. The summed E-state index contributed by atoms with van der Waals surface area (Å²) in [6.45, 7) is 6.10. The van der Waals surface area contributed by atoms with Gasteiger partial charge in [-0.3, -0.25) is 4.99 Å². The highest BCUT2D eigenvalue weighted by atomic mass is 16.5. The summed E-state index contributed by atoms with van der Waals surface area (Å²) in [5, 5.41) is 0. The molecule has 0 heterocycles. The van der Waals surface area contributed by atoms with Crippen LogP contribution in [-0.2, 0) is 4.74 Å². The molecule has 3 nitrogen and oxygen atoms in total. The number of ether oxygens (including phenoxy) is 1. The van der Waals surface area contributed by atoms with Crippen LogP contribution in [-0.4, -0.2) is 32.5 Å². The van der Waals surface area contributed by atoms with Crippen LogP contribution in [0.1, 0.15) is 19.8 Å². The lowest BCUT2D eigenvalue weighted by molar-refractivity contribution is 0.0758. The lowest BCUT2D eigenvalue weighted by Crippen LogP contribution is -2.33. The van der Waals surface area contributed by atoms with E-state index < -0.39 is 0 Å². The quantitative estimate of drug-likeness (QED) is 0.582. The molecule has 0 aromatic heterocycles. The van der Waals surface area contributed by atoms with E-state index in [4.69, 9.17) is 10.5 Å². The zero-order chi connectivity index (χ0) is 8.69. The van der Waals surface area contributed by atoms with Gasteiger partial charge in [-0.15, -0.1) is 0 Å². The van der Waals surface area contributed by atoms with Gasteiger partial charge in [0.25, 0.3) is 0 Å². The average molecular weight is 158 g/mol. The molecule has 0 spiro atoms. The van der Waals surface area contributed by atoms with Crippen molar-refractivity contribution >= 4 is 6.72 Å². The molecule has 0 aromatic rings. The smallest absolute Gasteiger partial charge is 0.0875 e. The van der Waals surface area contributed by atoms with Crippen molar-refractivity contribution in [3.05, 3.63) is 0 Å². The maximum absolute atomic E-state index is 5.48. The molecule has 2 unspecified atom stereocenters. The maximum atomic E-state index is 5.48. The molecule has 0 rings (SSSR count). The second-order valence-corrected chi connectivity index (χ2v) is 2.55. The first-order valence-electron chi connectivity index (χ1n) is 3.98. The minimum Gasteiger partial charge on any atom is -0.379 e. The predicted octanol–water partition coefficient (Wildman–Crippen LogP) is 0.829. The first kappa shape index (κ1) is 10.6. The van der Waals surface area contributed by atoms with Gasteiger partial charge < -0.3 is 10.5 Å². The molecule has 0 bridgehead atoms. The summed E-state index contributed by atoms with van der Waals surface area (Å²) in [6, 6.07) is 0.0555. The molecule has 2 atom stereocenters. The van der Waals surface area contributed by atoms with Crippen LogP contribution in [0.5, 0.6) is 0 Å². The Kier molecular flexibility index (Phi) is 6.07. The minimum absolute atomic E-state index is 0.0555. The van der Waals surface area contributed by atoms with Crippen LogP contribution < -0.4 is 5.73 Å². The molecule has 0 aliphatic rings. The van der Waals surface area contributed by atoms with E-state index in [1.807, 2.05) is 0 Å². The molecule has 0 amide bonds. The number of hydrogen-bond acceptors (Lipinski definition) is 3. The normalized spacial score (nSPS) is 15.9. The molecule has 0 fully saturated rings. The van der Waals surface area contributed by atoms with Gasteiger partial charge >= 0.3 is 0 Å². The van der Waals surface area contributed by atoms with Gasteiger partial charge in [-0.25, -0.2) is 0 Å². The topological polar surface area (TPSA) is 47.6 Å². The zero-order valence-electron chi connectivity index (χ0n) is 7.42. The van der Waals surface area contributed by atoms with Crippen molar-refractivity contribution in [3.8, 4) is 0 Å². The predicted molar refractivity (Wildman–Crippen MR) is 48.1 cm³/mol. The SMILES string of the molecule is C=NC(CN)C(CCC)OC. The third-order valence-corrected chi connectivity index (χ3v) is 1.78. The highest BCUT2D eigenvalue weighted by Gasteiger charge is 2.16. The van der Waals surface area contributed by atoms with E-state index in [1.165, 1.54) is 0 Å². The van der Waals surface area contributed by atoms with Gasteiger partial charge in [0.2, 0.25) is 0 Å². The van der Waals surface area contributed by atoms with Crippen LogP contribution in [0.25, 0.3) is 0 Å². The fourth-order valence-corrected chi connectivity index (χ4v) is 1.10. The standard InChI is InChI=1S/C8H18N2O/c1-4-5-8(11-3)7(6-9)10-2/h7-8H,2,4-6,9H2,1,3H3. The molecule has 0 radical (unpaired) electrons. The van der Waals surface area contributed by atoms with E-state index in [9.17, 15) is 0 Å². The average Bonchev–Trinajstić information content (AvgIpc) is 2.05. The Hall–Kier alpha value is -0.410. The monoisotopic (exact) mass is 158 g/mol. The van der Waals surface area contributed by atoms with Crippen LogP contribution in [0.2, 0.25) is 0 Å². The fraction of sp³-hybridized carbons (Fsp3) is 0.875. The number of methoxy groups -OCH3 is 1. The maximum Gasteiger partial charge on any atom is 0.0875 e. The lowest BCUT2D eigenvalue weighted by atomic mass is 10.1. The van der Waals surface area contributed by atoms with Crippen LogP contribution in [0.3, 0.4) is 0 Å². The van der Waals surface area contributed by atoms with Crippen molar-refractivity contribution < 1.29 is 4.74 Å². The number of aliphatic imine (C=N–C) groups is 1. The van der Waals surface area contributed by atoms with Crippen molar-refractivity contribution in [1.82, 2.24) is 0 Å². The van der Waals surface area contributed by atoms with Crippen LogP contribution in [0.15, 0.2) is 4.99 Å². The van der Waals surface area contributed by atoms with E-state index in [1.54, 1.807) is 7.11 Å². The van der Waals surface area contributed by atoms with Crippen LogP contribution >= 0.6 is 0 Å². The summed E-state index contributed by atoms with van der Waals surface area (Å²) in [4.78, 5) is 3.90. The Morgan fingerprint density at radius 1 is 1.64 bits per heavy atom. The molecule has 0 aromatic carbocycles. The largest absolute Gasteiger partial charge is 0.379 e. The summed E-state index contributed by atoms with van der Waals surface area (Å²) < 4.78 is 5.22. The molecule has 0 aliphatic carbocycles. The van der Waals surface area contributed by atoms with Crippen molar-refractivity contribution in [2.75, 3.05) is 13.7 Å². The van der Waals surface area contributed by atoms with E-state index >= 15 is 0 Å². The van der Waals surface area contributed by atoms with E-state index in [0.29, 0.717) is 6.54 Å². The Morgan fingerprint density at radius 3 is 2.55 bits per heavy atom. The minimum atomic E-state index is 0.0555. The summed E-state index contributed by atoms with van der Waals surface area (Å²) >= 11 is 0. The van der Waals surface area contributed by atoms with E-state index in [2.05, 4.69) is 18.6 Å². The molecule has 0 saturated heterocycles. The van der Waals surface area contributed by atoms with Gasteiger partial charge in [0.05, 0.1) is 12.1 Å². The molecule has 3 heteroatoms. The first-order valence-corrected chi connectivity index (χ1v) is 3.98. The van der Waals surface area contributed by atoms with Crippen LogP contribution in [0, 0.1) is 0 Å². The van der Waals surface area contributed by atoms with Gasteiger partial charge in [0, 0.05) is 13.7 Å². The van der Waals surface area contributed by atoms with Gasteiger partial charge in [-0.05, 0) is 13.1 Å². The zero-order valence-corrected chi connectivity index (χ0v) is 7.42. The molecule has 0 aliphatic heterocycles. The third-order valence-electron chi connectivity index (χ3n) is 1.78. The second-order valence-electron chi connectivity index (χ2n) is 2.55. The van der Waals surface area contributed by atoms with Crippen molar-refractivity contribution in [2.24, 2.45) is 10.7 Å². The van der Waals surface area contributed by atoms with Crippen molar-refractivity contribution in [2.45, 2.75) is 31.9 Å². The van der Waals surface area contributed by atoms with Crippen molar-refractivity contribution in [1.29, 1.82) is 0 Å². The van der Waals surface area contributed by atoms with E-state index in [-0.39, 0.29) is 12.1 Å². The Labute approximate surface area is 68.6 Å². The molecule has 11 heavy (non-hydrogen) atoms. The Bertz CT molecular complexity index is 106. The van der Waals surface area contributed by atoms with Crippen LogP contribution in [0.4, 0.5) is 0 Å². The highest BCUT2D eigenvalue weighted by Crippen LogP contribution is 2.07. The van der Waals surface area contributed by atoms with Gasteiger partial charge in [0.1, 0.15) is 0 Å². The summed E-state index contributed by atoms with van der Waals surface area (Å²) in [6.07, 6.45) is 2.23. The molecule has 66 valence electrons. The van der Waals surface area contributed by atoms with E-state index in [0.717, 1.165) is 12.8 Å². The number of hydrogen-bond donors (Lipinski definition) is 1.